The molecule has 2 aliphatic rings. The fourth-order valence-corrected chi connectivity index (χ4v) is 10.4. The molecule has 0 aromatic heterocycles. The van der Waals surface area contributed by atoms with Crippen LogP contribution >= 0.6 is 6.34 Å². The minimum Gasteiger partial charge on any atom is -0.497 e. The predicted octanol–water partition coefficient (Wildman–Crippen LogP) is 5.41. The highest BCUT2D eigenvalue weighted by atomic mass is 32.4. The summed E-state index contributed by atoms with van der Waals surface area (Å²) in [6.45, 7) is 16.4. The minimum atomic E-state index is -2.03. The van der Waals surface area contributed by atoms with Crippen LogP contribution in [0.1, 0.15) is 46.1 Å². The summed E-state index contributed by atoms with van der Waals surface area (Å²) in [5.74, 6) is 0.891. The lowest BCUT2D eigenvalue weighted by Crippen LogP contribution is -2.37. The van der Waals surface area contributed by atoms with Gasteiger partial charge in [-0.15, -0.1) is 0 Å². The van der Waals surface area contributed by atoms with Crippen molar-refractivity contribution in [2.75, 3.05) is 59.6 Å². The van der Waals surface area contributed by atoms with Crippen LogP contribution in [0, 0.1) is 0 Å². The van der Waals surface area contributed by atoms with Crippen LogP contribution in [0.3, 0.4) is 0 Å². The van der Waals surface area contributed by atoms with Crippen LogP contribution < -0.4 is 4.74 Å². The molecular weight excluding hydrogens is 437 g/mol. The minimum absolute atomic E-state index is 0.784. The Morgan fingerprint density at radius 1 is 0.969 bits per heavy atom. The number of hydrogen-bond acceptors (Lipinski definition) is 4. The van der Waals surface area contributed by atoms with Gasteiger partial charge in [0.2, 0.25) is 0 Å². The fraction of sp³-hybridized carbons (Fsp3) is 0.600. The Kier molecular flexibility index (Phi) is 9.39. The van der Waals surface area contributed by atoms with E-state index in [0.717, 1.165) is 71.1 Å². The van der Waals surface area contributed by atoms with E-state index in [1.807, 2.05) is 12.1 Å². The summed E-state index contributed by atoms with van der Waals surface area (Å²) < 4.78 is 16.2. The standard InChI is InChI=1S/C25H40N3O2PS/c1-6-27(7-2)31(32,28(8-3)9-4)24-15-12-22(25(24)26-16-18-30-19-17-26)20-21-10-13-23(29-5)14-11-21/h10-11,13-14,20H,6-9,12,15-19H2,1-5H3. The van der Waals surface area contributed by atoms with E-state index in [0.29, 0.717) is 0 Å². The lowest BCUT2D eigenvalue weighted by molar-refractivity contribution is 0.0548. The van der Waals surface area contributed by atoms with E-state index in [1.165, 1.54) is 22.1 Å². The number of allylic oxidation sites excluding steroid dienone is 2. The summed E-state index contributed by atoms with van der Waals surface area (Å²) >= 11 is 6.70. The summed E-state index contributed by atoms with van der Waals surface area (Å²) in [6.07, 6.45) is 2.44. The summed E-state index contributed by atoms with van der Waals surface area (Å²) in [5, 5.41) is 1.50. The van der Waals surface area contributed by atoms with Gasteiger partial charge in [-0.2, -0.15) is 0 Å². The molecule has 1 aliphatic carbocycles. The molecule has 0 radical (unpaired) electrons. The molecule has 0 bridgehead atoms. The Hall–Kier alpha value is -1.17. The number of nitrogens with zero attached hydrogens (tertiary/aromatic N) is 3. The molecule has 3 rings (SSSR count). The number of rotatable bonds is 10. The lowest BCUT2D eigenvalue weighted by atomic mass is 10.1. The van der Waals surface area contributed by atoms with Gasteiger partial charge in [0.15, 0.2) is 0 Å². The first-order valence-electron chi connectivity index (χ1n) is 12.1. The molecule has 0 saturated carbocycles. The molecule has 1 fully saturated rings. The van der Waals surface area contributed by atoms with Gasteiger partial charge in [-0.05, 0) is 42.2 Å². The fourth-order valence-electron chi connectivity index (χ4n) is 4.91. The predicted molar refractivity (Wildman–Crippen MR) is 140 cm³/mol. The summed E-state index contributed by atoms with van der Waals surface area (Å²) in [5.41, 5.74) is 4.04. The Balaban J connectivity index is 2.15. The molecule has 7 heteroatoms. The van der Waals surface area contributed by atoms with Crippen molar-refractivity contribution in [3.05, 3.63) is 46.4 Å². The van der Waals surface area contributed by atoms with E-state index in [4.69, 9.17) is 21.3 Å². The maximum atomic E-state index is 6.70. The van der Waals surface area contributed by atoms with Crippen molar-refractivity contribution in [1.29, 1.82) is 0 Å². The molecule has 0 amide bonds. The van der Waals surface area contributed by atoms with Gasteiger partial charge < -0.3 is 14.4 Å². The van der Waals surface area contributed by atoms with Gasteiger partial charge in [0.25, 0.3) is 0 Å². The topological polar surface area (TPSA) is 28.2 Å². The van der Waals surface area contributed by atoms with E-state index in [9.17, 15) is 0 Å². The van der Waals surface area contributed by atoms with Gasteiger partial charge in [-0.25, -0.2) is 0 Å². The summed E-state index contributed by atoms with van der Waals surface area (Å²) in [4.78, 5) is 2.55. The second-order valence-electron chi connectivity index (χ2n) is 8.16. The van der Waals surface area contributed by atoms with Gasteiger partial charge in [0.1, 0.15) is 12.1 Å². The molecule has 5 nitrogen and oxygen atoms in total. The van der Waals surface area contributed by atoms with Crippen molar-refractivity contribution in [2.45, 2.75) is 40.5 Å². The van der Waals surface area contributed by atoms with Gasteiger partial charge in [0.05, 0.1) is 20.3 Å². The van der Waals surface area contributed by atoms with E-state index in [1.54, 1.807) is 7.11 Å². The quantitative estimate of drug-likeness (QED) is 0.419. The number of ether oxygens (including phenoxy) is 2. The zero-order valence-electron chi connectivity index (χ0n) is 20.5. The van der Waals surface area contributed by atoms with Crippen LogP contribution in [-0.2, 0) is 16.5 Å². The van der Waals surface area contributed by atoms with Crippen molar-refractivity contribution in [3.63, 3.8) is 0 Å². The van der Waals surface area contributed by atoms with Gasteiger partial charge in [-0.1, -0.05) is 51.6 Å². The van der Waals surface area contributed by atoms with Gasteiger partial charge in [0, 0.05) is 50.3 Å². The molecule has 0 unspecified atom stereocenters. The lowest BCUT2D eigenvalue weighted by Gasteiger charge is -2.44. The Bertz CT molecular complexity index is 838. The van der Waals surface area contributed by atoms with Crippen molar-refractivity contribution in [2.24, 2.45) is 0 Å². The smallest absolute Gasteiger partial charge is 0.118 e. The first kappa shape index (κ1) is 25.5. The first-order chi connectivity index (χ1) is 15.5. The maximum Gasteiger partial charge on any atom is 0.118 e. The van der Waals surface area contributed by atoms with Crippen LogP contribution in [0.5, 0.6) is 5.75 Å². The normalized spacial score (nSPS) is 19.0. The van der Waals surface area contributed by atoms with E-state index in [2.05, 4.69) is 60.1 Å². The molecule has 0 atom stereocenters. The van der Waals surface area contributed by atoms with Crippen molar-refractivity contribution in [1.82, 2.24) is 14.2 Å². The third-order valence-electron chi connectivity index (χ3n) is 6.57. The van der Waals surface area contributed by atoms with Crippen molar-refractivity contribution >= 4 is 24.2 Å². The van der Waals surface area contributed by atoms with E-state index < -0.39 is 6.34 Å². The second kappa shape index (κ2) is 11.8. The number of methoxy groups -OCH3 is 1. The van der Waals surface area contributed by atoms with Gasteiger partial charge in [-0.3, -0.25) is 9.34 Å². The Labute approximate surface area is 200 Å². The zero-order valence-corrected chi connectivity index (χ0v) is 22.2. The van der Waals surface area contributed by atoms with Crippen LogP contribution in [0.4, 0.5) is 0 Å². The zero-order chi connectivity index (χ0) is 23.1. The highest BCUT2D eigenvalue weighted by Crippen LogP contribution is 2.65. The molecule has 1 aromatic carbocycles. The Morgan fingerprint density at radius 2 is 1.53 bits per heavy atom. The number of hydrogen-bond donors (Lipinski definition) is 0. The molecule has 1 heterocycles. The highest BCUT2D eigenvalue weighted by molar-refractivity contribution is 8.14. The molecular formula is C25H40N3O2PS. The van der Waals surface area contributed by atoms with Crippen LogP contribution in [0.25, 0.3) is 6.08 Å². The van der Waals surface area contributed by atoms with Crippen molar-refractivity contribution in [3.8, 4) is 5.75 Å². The monoisotopic (exact) mass is 477 g/mol. The molecule has 1 saturated heterocycles. The first-order valence-corrected chi connectivity index (χ1v) is 14.8. The van der Waals surface area contributed by atoms with E-state index >= 15 is 0 Å². The molecule has 0 spiro atoms. The van der Waals surface area contributed by atoms with Gasteiger partial charge >= 0.3 is 0 Å². The number of morpholine rings is 1. The maximum absolute atomic E-state index is 6.70. The Morgan fingerprint density at radius 3 is 2.03 bits per heavy atom. The average Bonchev–Trinajstić information content (AvgIpc) is 3.25. The summed E-state index contributed by atoms with van der Waals surface area (Å²) in [7, 11) is 1.71. The molecule has 32 heavy (non-hydrogen) atoms. The summed E-state index contributed by atoms with van der Waals surface area (Å²) in [6, 6.07) is 8.37. The largest absolute Gasteiger partial charge is 0.497 e. The molecule has 0 N–H and O–H groups in total. The SMILES string of the molecule is CCN(CC)P(=S)(C1=C(N2CCOCC2)C(=Cc2ccc(OC)cc2)CC1)N(CC)CC. The third-order valence-corrected chi connectivity index (χ3v) is 12.4. The average molecular weight is 478 g/mol. The van der Waals surface area contributed by atoms with Crippen LogP contribution in [0.2, 0.25) is 0 Å². The highest BCUT2D eigenvalue weighted by Gasteiger charge is 2.40. The molecule has 1 aromatic rings. The number of benzene rings is 1. The van der Waals surface area contributed by atoms with Crippen molar-refractivity contribution < 1.29 is 9.47 Å². The van der Waals surface area contributed by atoms with Crippen LogP contribution in [-0.4, -0.2) is 73.8 Å². The second-order valence-corrected chi connectivity index (χ2v) is 12.4. The molecule has 1 aliphatic heterocycles. The van der Waals surface area contributed by atoms with E-state index in [-0.39, 0.29) is 0 Å². The molecule has 178 valence electrons. The van der Waals surface area contributed by atoms with Crippen LogP contribution in [0.15, 0.2) is 40.8 Å². The third kappa shape index (κ3) is 5.15.